The van der Waals surface area contributed by atoms with Gasteiger partial charge in [-0.25, -0.2) is 4.98 Å². The molecule has 2 rings (SSSR count). The summed E-state index contributed by atoms with van der Waals surface area (Å²) in [5.41, 5.74) is 6.52. The van der Waals surface area contributed by atoms with Gasteiger partial charge in [-0.3, -0.25) is 4.79 Å². The monoisotopic (exact) mass is 267 g/mol. The number of nitrogens with zero attached hydrogens (tertiary/aromatic N) is 2. The summed E-state index contributed by atoms with van der Waals surface area (Å²) in [6.07, 6.45) is 3.65. The van der Waals surface area contributed by atoms with Gasteiger partial charge in [0.1, 0.15) is 5.15 Å². The average Bonchev–Trinajstić information content (AvgIpc) is 2.34. The minimum absolute atomic E-state index is 0.0705. The molecule has 1 aliphatic rings. The second kappa shape index (κ2) is 5.14. The number of likely N-dealkylation sites (tertiary alicyclic amines) is 1. The maximum atomic E-state index is 12.5. The number of nitrogens with two attached hydrogens (primary N) is 1. The van der Waals surface area contributed by atoms with Crippen molar-refractivity contribution >= 4 is 23.2 Å². The van der Waals surface area contributed by atoms with Crippen LogP contribution in [-0.2, 0) is 0 Å². The molecule has 4 nitrogen and oxygen atoms in total. The van der Waals surface area contributed by atoms with Crippen LogP contribution >= 0.6 is 11.6 Å². The van der Waals surface area contributed by atoms with Gasteiger partial charge in [-0.15, -0.1) is 0 Å². The maximum absolute atomic E-state index is 12.5. The molecule has 18 heavy (non-hydrogen) atoms. The van der Waals surface area contributed by atoms with Crippen LogP contribution in [0.15, 0.2) is 12.3 Å². The van der Waals surface area contributed by atoms with E-state index in [1.165, 1.54) is 6.20 Å². The van der Waals surface area contributed by atoms with Crippen molar-refractivity contribution in [2.75, 3.05) is 12.3 Å². The van der Waals surface area contributed by atoms with E-state index < -0.39 is 0 Å². The fourth-order valence-electron chi connectivity index (χ4n) is 2.34. The number of halogens is 1. The molecule has 1 saturated heterocycles. The number of piperidine rings is 1. The Morgan fingerprint density at radius 2 is 2.22 bits per heavy atom. The zero-order valence-corrected chi connectivity index (χ0v) is 11.4. The van der Waals surface area contributed by atoms with E-state index in [0.29, 0.717) is 17.2 Å². The van der Waals surface area contributed by atoms with Crippen LogP contribution in [0.5, 0.6) is 0 Å². The fourth-order valence-corrected chi connectivity index (χ4v) is 2.52. The van der Waals surface area contributed by atoms with E-state index in [4.69, 9.17) is 17.3 Å². The lowest BCUT2D eigenvalue weighted by atomic mass is 9.94. The van der Waals surface area contributed by atoms with Gasteiger partial charge in [0.15, 0.2) is 0 Å². The summed E-state index contributed by atoms with van der Waals surface area (Å²) in [5, 5.41) is 0.222. The molecule has 1 aliphatic heterocycles. The average molecular weight is 268 g/mol. The van der Waals surface area contributed by atoms with E-state index in [1.807, 2.05) is 4.90 Å². The summed E-state index contributed by atoms with van der Waals surface area (Å²) in [4.78, 5) is 18.3. The summed E-state index contributed by atoms with van der Waals surface area (Å²) < 4.78 is 0. The highest BCUT2D eigenvalue weighted by Crippen LogP contribution is 2.25. The van der Waals surface area contributed by atoms with E-state index in [1.54, 1.807) is 6.07 Å². The van der Waals surface area contributed by atoms with Crippen LogP contribution in [0.2, 0.25) is 5.15 Å². The van der Waals surface area contributed by atoms with E-state index in [0.717, 1.165) is 19.4 Å². The molecule has 1 aromatic rings. The smallest absolute Gasteiger partial charge is 0.257 e. The van der Waals surface area contributed by atoms with Crippen molar-refractivity contribution in [1.29, 1.82) is 0 Å². The fraction of sp³-hybridized carbons (Fsp3) is 0.538. The van der Waals surface area contributed by atoms with Crippen LogP contribution in [0.4, 0.5) is 5.69 Å². The Labute approximate surface area is 112 Å². The zero-order valence-electron chi connectivity index (χ0n) is 10.7. The second-order valence-electron chi connectivity index (χ2n) is 5.10. The molecule has 2 unspecified atom stereocenters. The van der Waals surface area contributed by atoms with Gasteiger partial charge < -0.3 is 10.6 Å². The van der Waals surface area contributed by atoms with Gasteiger partial charge in [0.25, 0.3) is 5.91 Å². The molecular formula is C13H18ClN3O. The third kappa shape index (κ3) is 2.58. The summed E-state index contributed by atoms with van der Waals surface area (Å²) in [7, 11) is 0. The lowest BCUT2D eigenvalue weighted by molar-refractivity contribution is 0.0574. The van der Waals surface area contributed by atoms with Crippen molar-refractivity contribution < 1.29 is 4.79 Å². The summed E-state index contributed by atoms with van der Waals surface area (Å²) in [5.74, 6) is 0.455. The van der Waals surface area contributed by atoms with Crippen LogP contribution in [-0.4, -0.2) is 28.4 Å². The first-order chi connectivity index (χ1) is 8.49. The topological polar surface area (TPSA) is 59.2 Å². The van der Waals surface area contributed by atoms with Crippen molar-refractivity contribution in [2.45, 2.75) is 32.7 Å². The van der Waals surface area contributed by atoms with Gasteiger partial charge in [-0.05, 0) is 31.7 Å². The van der Waals surface area contributed by atoms with Crippen LogP contribution in [0.25, 0.3) is 0 Å². The highest BCUT2D eigenvalue weighted by atomic mass is 35.5. The van der Waals surface area contributed by atoms with Gasteiger partial charge in [0.05, 0.1) is 17.4 Å². The van der Waals surface area contributed by atoms with Crippen LogP contribution in [0, 0.1) is 5.92 Å². The molecule has 0 saturated carbocycles. The van der Waals surface area contributed by atoms with Gasteiger partial charge in [-0.1, -0.05) is 18.5 Å². The zero-order chi connectivity index (χ0) is 13.3. The molecule has 0 bridgehead atoms. The third-order valence-electron chi connectivity index (χ3n) is 3.47. The maximum Gasteiger partial charge on any atom is 0.257 e. The molecule has 0 radical (unpaired) electrons. The molecule has 5 heteroatoms. The van der Waals surface area contributed by atoms with Crippen LogP contribution in [0.1, 0.15) is 37.0 Å². The van der Waals surface area contributed by atoms with Crippen molar-refractivity contribution in [1.82, 2.24) is 9.88 Å². The lowest BCUT2D eigenvalue weighted by Gasteiger charge is -2.37. The Bertz CT molecular complexity index is 464. The van der Waals surface area contributed by atoms with Crippen molar-refractivity contribution in [3.8, 4) is 0 Å². The molecule has 2 heterocycles. The normalized spacial score (nSPS) is 24.1. The first-order valence-corrected chi connectivity index (χ1v) is 6.59. The van der Waals surface area contributed by atoms with Gasteiger partial charge in [0.2, 0.25) is 0 Å². The molecule has 1 aromatic heterocycles. The summed E-state index contributed by atoms with van der Waals surface area (Å²) in [6.45, 7) is 4.99. The molecule has 2 N–H and O–H groups in total. The van der Waals surface area contributed by atoms with Gasteiger partial charge in [-0.2, -0.15) is 0 Å². The van der Waals surface area contributed by atoms with Crippen LogP contribution in [0.3, 0.4) is 0 Å². The molecule has 1 amide bonds. The molecule has 1 fully saturated rings. The first-order valence-electron chi connectivity index (χ1n) is 6.21. The number of carbonyl (C=O) groups is 1. The number of nitrogen functional groups attached to an aromatic ring is 1. The Hall–Kier alpha value is -1.29. The number of carbonyl (C=O) groups excluding carboxylic acids is 1. The minimum Gasteiger partial charge on any atom is -0.397 e. The number of hydrogen-bond donors (Lipinski definition) is 1. The molecule has 2 atom stereocenters. The third-order valence-corrected chi connectivity index (χ3v) is 3.77. The van der Waals surface area contributed by atoms with Crippen molar-refractivity contribution in [3.63, 3.8) is 0 Å². The quantitative estimate of drug-likeness (QED) is 0.796. The predicted molar refractivity (Wildman–Crippen MR) is 72.6 cm³/mol. The highest BCUT2D eigenvalue weighted by Gasteiger charge is 2.29. The number of hydrogen-bond acceptors (Lipinski definition) is 3. The molecule has 98 valence electrons. The van der Waals surface area contributed by atoms with E-state index in [2.05, 4.69) is 18.8 Å². The van der Waals surface area contributed by atoms with Crippen LogP contribution < -0.4 is 5.73 Å². The van der Waals surface area contributed by atoms with Crippen molar-refractivity contribution in [3.05, 3.63) is 23.0 Å². The Morgan fingerprint density at radius 1 is 1.50 bits per heavy atom. The largest absolute Gasteiger partial charge is 0.397 e. The second-order valence-corrected chi connectivity index (χ2v) is 5.45. The predicted octanol–water partition coefficient (Wildman–Crippen LogP) is 2.58. The summed E-state index contributed by atoms with van der Waals surface area (Å²) >= 11 is 5.98. The van der Waals surface area contributed by atoms with E-state index >= 15 is 0 Å². The molecule has 0 aliphatic carbocycles. The molecule has 0 aromatic carbocycles. The minimum atomic E-state index is -0.0705. The number of anilines is 1. The SMILES string of the molecule is CC1CCC(C)N(C(=O)c2cc(N)cnc2Cl)C1. The molecular weight excluding hydrogens is 250 g/mol. The number of pyridine rings is 1. The first kappa shape index (κ1) is 13.1. The van der Waals surface area contributed by atoms with E-state index in [-0.39, 0.29) is 17.1 Å². The van der Waals surface area contributed by atoms with Gasteiger partial charge in [0, 0.05) is 12.6 Å². The van der Waals surface area contributed by atoms with E-state index in [9.17, 15) is 4.79 Å². The Balaban J connectivity index is 2.27. The Kier molecular flexibility index (Phi) is 3.76. The summed E-state index contributed by atoms with van der Waals surface area (Å²) in [6, 6.07) is 1.84. The lowest BCUT2D eigenvalue weighted by Crippen LogP contribution is -2.45. The number of rotatable bonds is 1. The standard InChI is InChI=1S/C13H18ClN3O/c1-8-3-4-9(2)17(7-8)13(18)11-5-10(15)6-16-12(11)14/h5-6,8-9H,3-4,7,15H2,1-2H3. The number of amides is 1. The molecule has 0 spiro atoms. The van der Waals surface area contributed by atoms with Gasteiger partial charge >= 0.3 is 0 Å². The highest BCUT2D eigenvalue weighted by molar-refractivity contribution is 6.32. The van der Waals surface area contributed by atoms with Crippen molar-refractivity contribution in [2.24, 2.45) is 5.92 Å². The number of aromatic nitrogens is 1. The Morgan fingerprint density at radius 3 is 2.94 bits per heavy atom.